The van der Waals surface area contributed by atoms with Crippen molar-refractivity contribution in [2.24, 2.45) is 0 Å². The summed E-state index contributed by atoms with van der Waals surface area (Å²) in [5, 5.41) is 17.8. The van der Waals surface area contributed by atoms with Crippen molar-refractivity contribution in [2.45, 2.75) is 6.42 Å². The fourth-order valence-electron chi connectivity index (χ4n) is 0.276. The number of hydrogen-bond donors (Lipinski definition) is 3. The summed E-state index contributed by atoms with van der Waals surface area (Å²) >= 11 is 0. The van der Waals surface area contributed by atoms with Crippen molar-refractivity contribution in [3.63, 3.8) is 0 Å². The first-order chi connectivity index (χ1) is 4.13. The van der Waals surface area contributed by atoms with Crippen LogP contribution in [0, 0.1) is 0 Å². The molecule has 0 fully saturated rings. The number of carboxylic acids is 1. The summed E-state index contributed by atoms with van der Waals surface area (Å²) in [6.45, 7) is -0.0370. The Morgan fingerprint density at radius 2 is 1.89 bits per heavy atom. The van der Waals surface area contributed by atoms with Crippen LogP contribution in [-0.4, -0.2) is 28.8 Å². The van der Waals surface area contributed by atoms with Crippen LogP contribution in [0.4, 0.5) is 4.79 Å². The van der Waals surface area contributed by atoms with Gasteiger partial charge in [0.15, 0.2) is 0 Å². The lowest BCUT2D eigenvalue weighted by Crippen LogP contribution is -2.23. The second kappa shape index (κ2) is 3.71. The van der Waals surface area contributed by atoms with E-state index in [9.17, 15) is 9.59 Å². The summed E-state index contributed by atoms with van der Waals surface area (Å²) < 4.78 is 0. The predicted octanol–water partition coefficient (Wildman–Crippen LogP) is -0.271. The fraction of sp³-hybridized carbons (Fsp3) is 0.500. The van der Waals surface area contributed by atoms with Crippen LogP contribution in [0.15, 0.2) is 0 Å². The molecule has 0 rings (SSSR count). The molecule has 0 aliphatic heterocycles. The second-order valence-electron chi connectivity index (χ2n) is 1.38. The maximum atomic E-state index is 9.75. The zero-order valence-corrected chi connectivity index (χ0v) is 4.63. The van der Waals surface area contributed by atoms with Crippen LogP contribution in [0.5, 0.6) is 0 Å². The van der Waals surface area contributed by atoms with Crippen LogP contribution in [0.25, 0.3) is 0 Å². The van der Waals surface area contributed by atoms with E-state index in [0.29, 0.717) is 0 Å². The molecule has 52 valence electrons. The lowest BCUT2D eigenvalue weighted by atomic mass is 10.4. The Morgan fingerprint density at radius 3 is 2.22 bits per heavy atom. The molecular weight excluding hydrogens is 126 g/mol. The maximum absolute atomic E-state index is 9.75. The zero-order valence-electron chi connectivity index (χ0n) is 4.63. The van der Waals surface area contributed by atoms with Gasteiger partial charge in [-0.2, -0.15) is 0 Å². The molecule has 5 heteroatoms. The van der Waals surface area contributed by atoms with Gasteiger partial charge in [-0.05, 0) is 0 Å². The molecule has 0 atom stereocenters. The third-order valence-electron chi connectivity index (χ3n) is 0.615. The van der Waals surface area contributed by atoms with Gasteiger partial charge in [0.25, 0.3) is 0 Å². The molecule has 5 nitrogen and oxygen atoms in total. The molecule has 3 N–H and O–H groups in total. The topological polar surface area (TPSA) is 86.6 Å². The van der Waals surface area contributed by atoms with E-state index in [1.54, 1.807) is 0 Å². The smallest absolute Gasteiger partial charge is 0.404 e. The van der Waals surface area contributed by atoms with Gasteiger partial charge < -0.3 is 15.5 Å². The van der Waals surface area contributed by atoms with Crippen molar-refractivity contribution in [3.8, 4) is 0 Å². The van der Waals surface area contributed by atoms with E-state index in [1.165, 1.54) is 0 Å². The highest BCUT2D eigenvalue weighted by Crippen LogP contribution is 1.73. The van der Waals surface area contributed by atoms with E-state index in [-0.39, 0.29) is 13.0 Å². The quantitative estimate of drug-likeness (QED) is 0.494. The summed E-state index contributed by atoms with van der Waals surface area (Å²) in [5.41, 5.74) is 0. The van der Waals surface area contributed by atoms with Gasteiger partial charge in [-0.1, -0.05) is 0 Å². The van der Waals surface area contributed by atoms with Crippen LogP contribution in [0.3, 0.4) is 0 Å². The van der Waals surface area contributed by atoms with Gasteiger partial charge in [0.05, 0.1) is 6.42 Å². The number of aliphatic carboxylic acids is 1. The summed E-state index contributed by atoms with van der Waals surface area (Å²) in [6.07, 6.45) is -1.37. The van der Waals surface area contributed by atoms with Crippen LogP contribution in [0.2, 0.25) is 0 Å². The molecule has 0 aromatic heterocycles. The van der Waals surface area contributed by atoms with Crippen LogP contribution in [0.1, 0.15) is 6.42 Å². The van der Waals surface area contributed by atoms with Gasteiger partial charge in [-0.3, -0.25) is 4.79 Å². The Kier molecular flexibility index (Phi) is 3.19. The first kappa shape index (κ1) is 7.74. The minimum absolute atomic E-state index is 0.0370. The van der Waals surface area contributed by atoms with Crippen LogP contribution in [-0.2, 0) is 4.79 Å². The van der Waals surface area contributed by atoms with Crippen molar-refractivity contribution in [3.05, 3.63) is 0 Å². The van der Waals surface area contributed by atoms with E-state index in [4.69, 9.17) is 10.2 Å². The molecule has 0 heterocycles. The Hall–Kier alpha value is -1.26. The molecule has 0 bridgehead atoms. The van der Waals surface area contributed by atoms with Gasteiger partial charge in [0.2, 0.25) is 0 Å². The third kappa shape index (κ3) is 6.74. The first-order valence-corrected chi connectivity index (χ1v) is 2.31. The molecule has 1 amide bonds. The molecule has 0 radical (unpaired) electrons. The summed E-state index contributed by atoms with van der Waals surface area (Å²) in [7, 11) is 0. The highest BCUT2D eigenvalue weighted by molar-refractivity contribution is 5.69. The molecule has 0 aliphatic carbocycles. The summed E-state index contributed by atoms with van der Waals surface area (Å²) in [4.78, 5) is 19.4. The Balaban J connectivity index is 3.10. The van der Waals surface area contributed by atoms with Gasteiger partial charge in [-0.25, -0.2) is 4.79 Å². The van der Waals surface area contributed by atoms with Crippen molar-refractivity contribution in [2.75, 3.05) is 6.54 Å². The maximum Gasteiger partial charge on any atom is 0.404 e. The van der Waals surface area contributed by atoms with E-state index >= 15 is 0 Å². The van der Waals surface area contributed by atoms with Crippen molar-refractivity contribution in [1.82, 2.24) is 5.32 Å². The minimum Gasteiger partial charge on any atom is -0.481 e. The molecule has 0 saturated carbocycles. The van der Waals surface area contributed by atoms with Gasteiger partial charge in [-0.15, -0.1) is 0 Å². The van der Waals surface area contributed by atoms with Gasteiger partial charge in [0, 0.05) is 6.54 Å². The second-order valence-corrected chi connectivity index (χ2v) is 1.38. The Bertz CT molecular complexity index is 108. The highest BCUT2D eigenvalue weighted by atomic mass is 16.4. The average Bonchev–Trinajstić information content (AvgIpc) is 1.63. The number of carboxylic acid groups (broad SMARTS) is 2. The number of carbonyl (C=O) groups is 2. The van der Waals surface area contributed by atoms with Gasteiger partial charge in [0.1, 0.15) is 0 Å². The standard InChI is InChI=1S/C4H7NO4/c6-3(7)1-2-5-4(8)9/h5H,1-2H2,(H,6,7)(H,8,9). The van der Waals surface area contributed by atoms with Crippen molar-refractivity contribution >= 4 is 12.1 Å². The predicted molar refractivity (Wildman–Crippen MR) is 28.3 cm³/mol. The molecule has 0 spiro atoms. The highest BCUT2D eigenvalue weighted by Gasteiger charge is 1.97. The van der Waals surface area contributed by atoms with E-state index in [1.807, 2.05) is 5.32 Å². The molecule has 0 aromatic carbocycles. The Labute approximate surface area is 51.3 Å². The first-order valence-electron chi connectivity index (χ1n) is 2.31. The Morgan fingerprint density at radius 1 is 1.33 bits per heavy atom. The lowest BCUT2D eigenvalue weighted by molar-refractivity contribution is -0.136. The molecular formula is C4H7NO4. The zero-order chi connectivity index (χ0) is 7.28. The lowest BCUT2D eigenvalue weighted by Gasteiger charge is -1.93. The molecule has 0 unspecified atom stereocenters. The molecule has 0 aromatic rings. The SMILES string of the molecule is O=C(O)CCNC(=O)O. The molecule has 0 aliphatic rings. The van der Waals surface area contributed by atoms with Crippen LogP contribution < -0.4 is 5.32 Å². The monoisotopic (exact) mass is 133 g/mol. The van der Waals surface area contributed by atoms with Crippen molar-refractivity contribution < 1.29 is 19.8 Å². The average molecular weight is 133 g/mol. The van der Waals surface area contributed by atoms with E-state index in [0.717, 1.165) is 0 Å². The van der Waals surface area contributed by atoms with Crippen LogP contribution >= 0.6 is 0 Å². The minimum atomic E-state index is -1.20. The number of amides is 1. The van der Waals surface area contributed by atoms with Crippen molar-refractivity contribution in [1.29, 1.82) is 0 Å². The summed E-state index contributed by atoms with van der Waals surface area (Å²) in [5.74, 6) is -1.01. The van der Waals surface area contributed by atoms with E-state index in [2.05, 4.69) is 0 Å². The largest absolute Gasteiger partial charge is 0.481 e. The normalized spacial score (nSPS) is 8.44. The van der Waals surface area contributed by atoms with E-state index < -0.39 is 12.1 Å². The number of hydrogen-bond acceptors (Lipinski definition) is 2. The summed E-state index contributed by atoms with van der Waals surface area (Å²) in [6, 6.07) is 0. The fourth-order valence-corrected chi connectivity index (χ4v) is 0.276. The molecule has 9 heavy (non-hydrogen) atoms. The molecule has 0 saturated heterocycles. The third-order valence-corrected chi connectivity index (χ3v) is 0.615. The number of nitrogens with one attached hydrogen (secondary N) is 1. The number of rotatable bonds is 3. The van der Waals surface area contributed by atoms with Gasteiger partial charge >= 0.3 is 12.1 Å².